The number of unbranched alkanes of at least 4 members (excludes halogenated alkanes) is 1. The van der Waals surface area contributed by atoms with E-state index in [0.717, 1.165) is 5.56 Å². The number of aryl methyl sites for hydroxylation is 1. The highest BCUT2D eigenvalue weighted by atomic mass is 32.2. The van der Waals surface area contributed by atoms with Crippen molar-refractivity contribution in [1.82, 2.24) is 4.31 Å². The molecule has 1 aliphatic heterocycles. The van der Waals surface area contributed by atoms with Crippen LogP contribution in [0.1, 0.15) is 37.0 Å². The lowest BCUT2D eigenvalue weighted by Gasteiger charge is -2.34. The first-order valence-electron chi connectivity index (χ1n) is 8.70. The first-order chi connectivity index (χ1) is 12.4. The lowest BCUT2D eigenvalue weighted by Crippen LogP contribution is -2.48. The lowest BCUT2D eigenvalue weighted by atomic mass is 9.87. The van der Waals surface area contributed by atoms with E-state index in [2.05, 4.69) is 0 Å². The third-order valence-electron chi connectivity index (χ3n) is 4.91. The number of benzene rings is 1. The first-order valence-corrected chi connectivity index (χ1v) is 10.1. The molecule has 1 N–H and O–H groups in total. The molecule has 0 radical (unpaired) electrons. The van der Waals surface area contributed by atoms with Gasteiger partial charge in [-0.25, -0.2) is 8.42 Å². The number of hydrogen-bond donors (Lipinski definition) is 1. The van der Waals surface area contributed by atoms with E-state index in [1.807, 2.05) is 6.92 Å². The summed E-state index contributed by atoms with van der Waals surface area (Å²) in [6, 6.07) is 9.92. The molecule has 1 aromatic carbocycles. The fourth-order valence-electron chi connectivity index (χ4n) is 3.56. The van der Waals surface area contributed by atoms with Crippen LogP contribution in [-0.2, 0) is 20.4 Å². The standard InChI is InChI=1S/C19H23NO5S/c1-15-6-8-16(9-7-15)26(23,24)20-12-10-17(22)19(20,11-2-3-13-21)18-5-4-14-25-18/h4-9,14,21H,2-3,10-13H2,1H3. The molecule has 7 heteroatoms. The number of ketones is 1. The molecule has 1 saturated heterocycles. The van der Waals surface area contributed by atoms with Crippen molar-refractivity contribution in [1.29, 1.82) is 0 Å². The highest BCUT2D eigenvalue weighted by molar-refractivity contribution is 7.89. The fraction of sp³-hybridized carbons (Fsp3) is 0.421. The summed E-state index contributed by atoms with van der Waals surface area (Å²) in [5, 5.41) is 9.11. The summed E-state index contributed by atoms with van der Waals surface area (Å²) < 4.78 is 33.4. The van der Waals surface area contributed by atoms with Gasteiger partial charge in [0.1, 0.15) is 5.76 Å². The van der Waals surface area contributed by atoms with Crippen molar-refractivity contribution in [2.45, 2.75) is 43.0 Å². The van der Waals surface area contributed by atoms with Crippen molar-refractivity contribution in [3.8, 4) is 0 Å². The predicted octanol–water partition coefficient (Wildman–Crippen LogP) is 2.61. The average molecular weight is 377 g/mol. The molecule has 0 saturated carbocycles. The highest BCUT2D eigenvalue weighted by Crippen LogP contribution is 2.44. The van der Waals surface area contributed by atoms with E-state index in [1.54, 1.807) is 36.4 Å². The topological polar surface area (TPSA) is 87.8 Å². The van der Waals surface area contributed by atoms with Crippen LogP contribution in [0.3, 0.4) is 0 Å². The number of carbonyl (C=O) groups excluding carboxylic acids is 1. The number of rotatable bonds is 7. The van der Waals surface area contributed by atoms with Gasteiger partial charge in [0.25, 0.3) is 0 Å². The van der Waals surface area contributed by atoms with Gasteiger partial charge in [-0.05, 0) is 50.5 Å². The maximum Gasteiger partial charge on any atom is 0.244 e. The van der Waals surface area contributed by atoms with Gasteiger partial charge < -0.3 is 9.52 Å². The molecule has 2 heterocycles. The molecule has 2 aromatic rings. The molecule has 1 unspecified atom stereocenters. The molecule has 1 atom stereocenters. The Morgan fingerprint density at radius 3 is 2.54 bits per heavy atom. The second-order valence-corrected chi connectivity index (χ2v) is 8.44. The van der Waals surface area contributed by atoms with E-state index >= 15 is 0 Å². The number of aliphatic hydroxyl groups excluding tert-OH is 1. The maximum atomic E-state index is 13.3. The SMILES string of the molecule is Cc1ccc(S(=O)(=O)N2CCC(=O)C2(CCCCO)c2ccco2)cc1. The first kappa shape index (κ1) is 18.8. The van der Waals surface area contributed by atoms with Gasteiger partial charge in [-0.1, -0.05) is 17.7 Å². The molecule has 140 valence electrons. The molecule has 26 heavy (non-hydrogen) atoms. The van der Waals surface area contributed by atoms with Crippen molar-refractivity contribution in [2.24, 2.45) is 0 Å². The molecule has 6 nitrogen and oxygen atoms in total. The zero-order valence-electron chi connectivity index (χ0n) is 14.7. The summed E-state index contributed by atoms with van der Waals surface area (Å²) in [4.78, 5) is 13.1. The Balaban J connectivity index is 2.08. The van der Waals surface area contributed by atoms with Crippen molar-refractivity contribution in [3.63, 3.8) is 0 Å². The summed E-state index contributed by atoms with van der Waals surface area (Å²) >= 11 is 0. The number of sulfonamides is 1. The predicted molar refractivity (Wildman–Crippen MR) is 96.0 cm³/mol. The smallest absolute Gasteiger partial charge is 0.244 e. The van der Waals surface area contributed by atoms with Gasteiger partial charge in [-0.2, -0.15) is 4.31 Å². The van der Waals surface area contributed by atoms with Crippen molar-refractivity contribution < 1.29 is 22.7 Å². The van der Waals surface area contributed by atoms with Crippen LogP contribution in [0.4, 0.5) is 0 Å². The van der Waals surface area contributed by atoms with E-state index in [9.17, 15) is 13.2 Å². The summed E-state index contributed by atoms with van der Waals surface area (Å²) in [5.74, 6) is 0.176. The van der Waals surface area contributed by atoms with Gasteiger partial charge in [-0.3, -0.25) is 4.79 Å². The van der Waals surface area contributed by atoms with Gasteiger partial charge in [0.05, 0.1) is 11.2 Å². The average Bonchev–Trinajstić information content (AvgIpc) is 3.25. The fourth-order valence-corrected chi connectivity index (χ4v) is 5.32. The van der Waals surface area contributed by atoms with Gasteiger partial charge in [0.2, 0.25) is 10.0 Å². The van der Waals surface area contributed by atoms with E-state index in [1.165, 1.54) is 10.6 Å². The van der Waals surface area contributed by atoms with Crippen LogP contribution < -0.4 is 0 Å². The van der Waals surface area contributed by atoms with Crippen molar-refractivity contribution in [3.05, 3.63) is 54.0 Å². The minimum Gasteiger partial charge on any atom is -0.467 e. The second-order valence-electron chi connectivity index (χ2n) is 6.58. The number of furan rings is 1. The van der Waals surface area contributed by atoms with Crippen LogP contribution >= 0.6 is 0 Å². The lowest BCUT2D eigenvalue weighted by molar-refractivity contribution is -0.125. The van der Waals surface area contributed by atoms with E-state index in [0.29, 0.717) is 18.6 Å². The van der Waals surface area contributed by atoms with Gasteiger partial charge in [0.15, 0.2) is 11.3 Å². The molecule has 0 aliphatic carbocycles. The Labute approximate surface area is 153 Å². The Bertz CT molecular complexity index is 858. The Kier molecular flexibility index (Phi) is 5.32. The summed E-state index contributed by atoms with van der Waals surface area (Å²) in [6.07, 6.45) is 2.89. The molecule has 3 rings (SSSR count). The van der Waals surface area contributed by atoms with Crippen LogP contribution in [-0.4, -0.2) is 36.8 Å². The molecule has 0 bridgehead atoms. The quantitative estimate of drug-likeness (QED) is 0.750. The number of carbonyl (C=O) groups is 1. The van der Waals surface area contributed by atoms with Crippen LogP contribution in [0.15, 0.2) is 52.0 Å². The van der Waals surface area contributed by atoms with Crippen LogP contribution in [0.2, 0.25) is 0 Å². The molecule has 1 aliphatic rings. The largest absolute Gasteiger partial charge is 0.467 e. The number of Topliss-reactive ketones (excluding diaryl/α,β-unsaturated/α-hetero) is 1. The molecular weight excluding hydrogens is 354 g/mol. The van der Waals surface area contributed by atoms with Gasteiger partial charge >= 0.3 is 0 Å². The van der Waals surface area contributed by atoms with Crippen LogP contribution in [0.5, 0.6) is 0 Å². The maximum absolute atomic E-state index is 13.3. The molecule has 0 spiro atoms. The minimum atomic E-state index is -3.87. The molecular formula is C19H23NO5S. The van der Waals surface area contributed by atoms with Crippen molar-refractivity contribution >= 4 is 15.8 Å². The zero-order valence-corrected chi connectivity index (χ0v) is 15.5. The second kappa shape index (κ2) is 7.34. The Hall–Kier alpha value is -1.96. The molecule has 1 fully saturated rings. The molecule has 0 amide bonds. The Morgan fingerprint density at radius 2 is 1.92 bits per heavy atom. The number of nitrogens with zero attached hydrogens (tertiary/aromatic N) is 1. The summed E-state index contributed by atoms with van der Waals surface area (Å²) in [6.45, 7) is 2.00. The summed E-state index contributed by atoms with van der Waals surface area (Å²) in [5.41, 5.74) is -0.385. The number of hydrogen-bond acceptors (Lipinski definition) is 5. The van der Waals surface area contributed by atoms with Crippen LogP contribution in [0.25, 0.3) is 0 Å². The normalized spacial score (nSPS) is 21.4. The van der Waals surface area contributed by atoms with E-state index in [4.69, 9.17) is 9.52 Å². The minimum absolute atomic E-state index is 0.00681. The van der Waals surface area contributed by atoms with Gasteiger partial charge in [-0.15, -0.1) is 0 Å². The number of aliphatic hydroxyl groups is 1. The van der Waals surface area contributed by atoms with Crippen molar-refractivity contribution in [2.75, 3.05) is 13.2 Å². The third-order valence-corrected chi connectivity index (χ3v) is 6.86. The summed E-state index contributed by atoms with van der Waals surface area (Å²) in [7, 11) is -3.87. The third kappa shape index (κ3) is 3.11. The van der Waals surface area contributed by atoms with E-state index in [-0.39, 0.29) is 36.7 Å². The Morgan fingerprint density at radius 1 is 1.19 bits per heavy atom. The molecule has 1 aromatic heterocycles. The van der Waals surface area contributed by atoms with E-state index < -0.39 is 15.6 Å². The van der Waals surface area contributed by atoms with Gasteiger partial charge in [0, 0.05) is 19.6 Å². The monoisotopic (exact) mass is 377 g/mol. The highest BCUT2D eigenvalue weighted by Gasteiger charge is 2.56. The zero-order chi connectivity index (χ0) is 18.8. The van der Waals surface area contributed by atoms with Crippen LogP contribution in [0, 0.1) is 6.92 Å².